The van der Waals surface area contributed by atoms with Crippen LogP contribution in [-0.4, -0.2) is 78.8 Å². The zero-order valence-corrected chi connectivity index (χ0v) is 16.0. The van der Waals surface area contributed by atoms with Crippen LogP contribution in [0.1, 0.15) is 10.4 Å². The lowest BCUT2D eigenvalue weighted by atomic mass is 10.0. The SMILES string of the molecule is COCCN(CCOC)S(=O)(=O)c1ccc(C(=O)NCC2CNC2)cc1. The lowest BCUT2D eigenvalue weighted by Crippen LogP contribution is -2.48. The largest absolute Gasteiger partial charge is 0.383 e. The molecule has 0 aliphatic carbocycles. The first-order valence-corrected chi connectivity index (χ1v) is 10.00. The first kappa shape index (κ1) is 20.8. The molecule has 0 aromatic heterocycles. The van der Waals surface area contributed by atoms with Crippen LogP contribution in [0.2, 0.25) is 0 Å². The average molecular weight is 385 g/mol. The fourth-order valence-electron chi connectivity index (χ4n) is 2.50. The molecule has 146 valence electrons. The molecule has 1 fully saturated rings. The van der Waals surface area contributed by atoms with Crippen LogP contribution in [0.15, 0.2) is 29.2 Å². The van der Waals surface area contributed by atoms with Gasteiger partial charge in [-0.1, -0.05) is 0 Å². The van der Waals surface area contributed by atoms with Gasteiger partial charge in [-0.05, 0) is 24.3 Å². The number of ether oxygens (including phenoxy) is 2. The molecular formula is C17H27N3O5S. The smallest absolute Gasteiger partial charge is 0.251 e. The second-order valence-electron chi connectivity index (χ2n) is 6.15. The third kappa shape index (κ3) is 5.49. The van der Waals surface area contributed by atoms with Crippen LogP contribution in [0.25, 0.3) is 0 Å². The number of benzene rings is 1. The predicted molar refractivity (Wildman–Crippen MR) is 97.6 cm³/mol. The van der Waals surface area contributed by atoms with Gasteiger partial charge in [0.1, 0.15) is 0 Å². The molecule has 1 amide bonds. The zero-order valence-electron chi connectivity index (χ0n) is 15.2. The Morgan fingerprint density at radius 3 is 2.19 bits per heavy atom. The Kier molecular flexibility index (Phi) is 7.98. The van der Waals surface area contributed by atoms with Gasteiger partial charge in [0.25, 0.3) is 5.91 Å². The summed E-state index contributed by atoms with van der Waals surface area (Å²) in [5.74, 6) is 0.269. The average Bonchev–Trinajstić information content (AvgIpc) is 2.60. The number of amides is 1. The number of methoxy groups -OCH3 is 2. The molecule has 8 nitrogen and oxygen atoms in total. The molecule has 1 saturated heterocycles. The number of carbonyl (C=O) groups excluding carboxylic acids is 1. The van der Waals surface area contributed by atoms with Crippen molar-refractivity contribution in [3.8, 4) is 0 Å². The first-order chi connectivity index (χ1) is 12.5. The van der Waals surface area contributed by atoms with Gasteiger partial charge in [0.05, 0.1) is 18.1 Å². The normalized spacial score (nSPS) is 15.0. The van der Waals surface area contributed by atoms with Crippen molar-refractivity contribution in [2.75, 3.05) is 60.2 Å². The number of hydrogen-bond donors (Lipinski definition) is 2. The highest BCUT2D eigenvalue weighted by Crippen LogP contribution is 2.16. The summed E-state index contributed by atoms with van der Waals surface area (Å²) >= 11 is 0. The number of carbonyl (C=O) groups is 1. The molecule has 1 aromatic rings. The van der Waals surface area contributed by atoms with Gasteiger partial charge in [0.15, 0.2) is 0 Å². The maximum Gasteiger partial charge on any atom is 0.251 e. The van der Waals surface area contributed by atoms with Crippen molar-refractivity contribution in [3.05, 3.63) is 29.8 Å². The molecule has 0 saturated carbocycles. The van der Waals surface area contributed by atoms with Gasteiger partial charge in [-0.2, -0.15) is 4.31 Å². The van der Waals surface area contributed by atoms with Crippen molar-refractivity contribution in [2.45, 2.75) is 4.90 Å². The molecule has 2 N–H and O–H groups in total. The third-order valence-electron chi connectivity index (χ3n) is 4.26. The maximum atomic E-state index is 12.8. The Morgan fingerprint density at radius 2 is 1.73 bits per heavy atom. The molecule has 1 aliphatic rings. The summed E-state index contributed by atoms with van der Waals surface area (Å²) in [6.07, 6.45) is 0. The van der Waals surface area contributed by atoms with E-state index in [0.29, 0.717) is 31.2 Å². The lowest BCUT2D eigenvalue weighted by Gasteiger charge is -2.27. The molecule has 1 aromatic carbocycles. The zero-order chi connectivity index (χ0) is 19.0. The van der Waals surface area contributed by atoms with E-state index in [4.69, 9.17) is 9.47 Å². The number of sulfonamides is 1. The van der Waals surface area contributed by atoms with Crippen LogP contribution in [0, 0.1) is 5.92 Å². The lowest BCUT2D eigenvalue weighted by molar-refractivity contribution is 0.0942. The van der Waals surface area contributed by atoms with Crippen molar-refractivity contribution < 1.29 is 22.7 Å². The van der Waals surface area contributed by atoms with E-state index < -0.39 is 10.0 Å². The molecule has 1 aliphatic heterocycles. The molecule has 9 heteroatoms. The third-order valence-corrected chi connectivity index (χ3v) is 6.17. The molecule has 1 heterocycles. The summed E-state index contributed by atoms with van der Waals surface area (Å²) in [7, 11) is -0.631. The second kappa shape index (κ2) is 9.98. The summed E-state index contributed by atoms with van der Waals surface area (Å²) < 4.78 is 36.9. The van der Waals surface area contributed by atoms with Gasteiger partial charge in [-0.25, -0.2) is 8.42 Å². The van der Waals surface area contributed by atoms with Crippen LogP contribution in [0.5, 0.6) is 0 Å². The standard InChI is InChI=1S/C17H27N3O5S/c1-24-9-7-20(8-10-25-2)26(22,23)16-5-3-15(4-6-16)17(21)19-13-14-11-18-12-14/h3-6,14,18H,7-13H2,1-2H3,(H,19,21). The summed E-state index contributed by atoms with van der Waals surface area (Å²) in [6, 6.07) is 5.99. The van der Waals surface area contributed by atoms with Gasteiger partial charge in [-0.3, -0.25) is 4.79 Å². The van der Waals surface area contributed by atoms with Crippen LogP contribution < -0.4 is 10.6 Å². The van der Waals surface area contributed by atoms with E-state index in [1.54, 1.807) is 0 Å². The molecule has 0 unspecified atom stereocenters. The molecule has 0 radical (unpaired) electrons. The molecule has 0 atom stereocenters. The molecule has 26 heavy (non-hydrogen) atoms. The number of nitrogens with one attached hydrogen (secondary N) is 2. The van der Waals surface area contributed by atoms with Crippen LogP contribution in [-0.2, 0) is 19.5 Å². The van der Waals surface area contributed by atoms with E-state index in [0.717, 1.165) is 13.1 Å². The Labute approximate surface area is 154 Å². The van der Waals surface area contributed by atoms with Crippen molar-refractivity contribution in [1.29, 1.82) is 0 Å². The fraction of sp³-hybridized carbons (Fsp3) is 0.588. The monoisotopic (exact) mass is 385 g/mol. The van der Waals surface area contributed by atoms with E-state index in [2.05, 4.69) is 10.6 Å². The minimum atomic E-state index is -3.68. The van der Waals surface area contributed by atoms with Crippen molar-refractivity contribution in [1.82, 2.24) is 14.9 Å². The van der Waals surface area contributed by atoms with Crippen molar-refractivity contribution >= 4 is 15.9 Å². The number of nitrogens with zero attached hydrogens (tertiary/aromatic N) is 1. The molecule has 0 bridgehead atoms. The summed E-state index contributed by atoms with van der Waals surface area (Å²) in [6.45, 7) is 3.50. The first-order valence-electron chi connectivity index (χ1n) is 8.56. The van der Waals surface area contributed by atoms with Crippen molar-refractivity contribution in [2.24, 2.45) is 5.92 Å². The van der Waals surface area contributed by atoms with Gasteiger partial charge >= 0.3 is 0 Å². The van der Waals surface area contributed by atoms with Gasteiger partial charge < -0.3 is 20.1 Å². The van der Waals surface area contributed by atoms with Crippen LogP contribution in [0.4, 0.5) is 0 Å². The van der Waals surface area contributed by atoms with E-state index in [9.17, 15) is 13.2 Å². The summed E-state index contributed by atoms with van der Waals surface area (Å²) in [5.41, 5.74) is 0.441. The highest BCUT2D eigenvalue weighted by atomic mass is 32.2. The van der Waals surface area contributed by atoms with Crippen LogP contribution >= 0.6 is 0 Å². The van der Waals surface area contributed by atoms with Crippen LogP contribution in [0.3, 0.4) is 0 Å². The topological polar surface area (TPSA) is 97.0 Å². The maximum absolute atomic E-state index is 12.8. The second-order valence-corrected chi connectivity index (χ2v) is 8.09. The quantitative estimate of drug-likeness (QED) is 0.553. The van der Waals surface area contributed by atoms with E-state index in [-0.39, 0.29) is 23.9 Å². The van der Waals surface area contributed by atoms with Gasteiger partial charge in [0.2, 0.25) is 10.0 Å². The fourth-order valence-corrected chi connectivity index (χ4v) is 3.91. The minimum Gasteiger partial charge on any atom is -0.383 e. The van der Waals surface area contributed by atoms with Gasteiger partial charge in [-0.15, -0.1) is 0 Å². The highest BCUT2D eigenvalue weighted by molar-refractivity contribution is 7.89. The van der Waals surface area contributed by atoms with E-state index in [1.807, 2.05) is 0 Å². The van der Waals surface area contributed by atoms with E-state index >= 15 is 0 Å². The van der Waals surface area contributed by atoms with Crippen molar-refractivity contribution in [3.63, 3.8) is 0 Å². The number of rotatable bonds is 11. The Morgan fingerprint density at radius 1 is 1.15 bits per heavy atom. The Hall–Kier alpha value is -1.52. The molecular weight excluding hydrogens is 358 g/mol. The van der Waals surface area contributed by atoms with Gasteiger partial charge in [0, 0.05) is 58.4 Å². The Bertz CT molecular complexity index is 666. The molecule has 2 rings (SSSR count). The molecule has 0 spiro atoms. The van der Waals surface area contributed by atoms with E-state index in [1.165, 1.54) is 42.8 Å². The number of hydrogen-bond acceptors (Lipinski definition) is 6. The minimum absolute atomic E-state index is 0.143. The summed E-state index contributed by atoms with van der Waals surface area (Å²) in [4.78, 5) is 12.3. The Balaban J connectivity index is 2.04. The summed E-state index contributed by atoms with van der Waals surface area (Å²) in [5, 5.41) is 6.01. The highest BCUT2D eigenvalue weighted by Gasteiger charge is 2.24. The predicted octanol–water partition coefficient (Wildman–Crippen LogP) is -0.0807.